The summed E-state index contributed by atoms with van der Waals surface area (Å²) in [5, 5.41) is 42.4. The van der Waals surface area contributed by atoms with E-state index in [4.69, 9.17) is 9.47 Å². The van der Waals surface area contributed by atoms with Gasteiger partial charge in [0.1, 0.15) is 23.1 Å². The molecule has 1 aromatic carbocycles. The van der Waals surface area contributed by atoms with E-state index in [9.17, 15) is 39.8 Å². The molecule has 2 aromatic rings. The third-order valence-corrected chi connectivity index (χ3v) is 5.82. The number of aliphatic hydroxyl groups excluding tert-OH is 1. The van der Waals surface area contributed by atoms with Crippen LogP contribution in [0.15, 0.2) is 18.2 Å². The van der Waals surface area contributed by atoms with Crippen LogP contribution >= 0.6 is 0 Å². The van der Waals surface area contributed by atoms with Gasteiger partial charge in [-0.3, -0.25) is 19.2 Å². The second-order valence-electron chi connectivity index (χ2n) is 8.01. The van der Waals surface area contributed by atoms with Gasteiger partial charge in [0.25, 0.3) is 0 Å². The van der Waals surface area contributed by atoms with Gasteiger partial charge in [-0.2, -0.15) is 5.26 Å². The van der Waals surface area contributed by atoms with Crippen LogP contribution in [-0.2, 0) is 19.1 Å². The Hall–Kier alpha value is -4.01. The topological polar surface area (TPSA) is 176 Å². The van der Waals surface area contributed by atoms with Crippen LogP contribution < -0.4 is 0 Å². The number of aliphatic hydroxyl groups is 2. The average molecular weight is 454 g/mol. The fraction of sp³-hybridized carbons (Fsp3) is 0.318. The average Bonchev–Trinajstić information content (AvgIpc) is 3.07. The maximum Gasteiger partial charge on any atom is 0.303 e. The summed E-state index contributed by atoms with van der Waals surface area (Å²) in [5.41, 5.74) is -4.19. The molecule has 2 aliphatic rings. The number of nitrogens with zero attached hydrogens (tertiary/aromatic N) is 2. The Kier molecular flexibility index (Phi) is 4.88. The van der Waals surface area contributed by atoms with Crippen LogP contribution in [0.25, 0.3) is 0 Å². The van der Waals surface area contributed by atoms with Crippen LogP contribution in [0, 0.1) is 11.5 Å². The minimum atomic E-state index is -2.25. The van der Waals surface area contributed by atoms with Crippen molar-refractivity contribution in [3.05, 3.63) is 51.8 Å². The highest BCUT2D eigenvalue weighted by molar-refractivity contribution is 6.29. The molecule has 2 aliphatic carbocycles. The summed E-state index contributed by atoms with van der Waals surface area (Å²) in [5.74, 6) is -3.92. The molecule has 170 valence electrons. The predicted molar refractivity (Wildman–Crippen MR) is 106 cm³/mol. The molecule has 1 aromatic heterocycles. The van der Waals surface area contributed by atoms with E-state index < -0.39 is 58.9 Å². The molecule has 0 fully saturated rings. The van der Waals surface area contributed by atoms with Crippen LogP contribution in [0.1, 0.15) is 76.2 Å². The number of phenolic OH excluding ortho intramolecular Hbond substituents is 1. The standard InChI is InChI=1S/C22H18N2O9/c1-8(25)32-20-16-14(19(30)21(22(20,3)31)33-9(2)26)13-15(24(16)7-23)18(29)12-10(17(13)28)5-4-6-11(12)27/h4-6,19-21,27,30-31H,1-3H3. The normalized spacial score (nSPS) is 25.4. The molecular weight excluding hydrogens is 436 g/mol. The second kappa shape index (κ2) is 7.26. The first-order chi connectivity index (χ1) is 15.4. The van der Waals surface area contributed by atoms with Gasteiger partial charge >= 0.3 is 11.9 Å². The Labute approximate surface area is 186 Å². The summed E-state index contributed by atoms with van der Waals surface area (Å²) in [6, 6.07) is 3.85. The highest BCUT2D eigenvalue weighted by Crippen LogP contribution is 2.51. The number of ketones is 2. The first kappa shape index (κ1) is 22.2. The zero-order valence-electron chi connectivity index (χ0n) is 17.6. The number of fused-ring (bicyclic) bond motifs is 4. The first-order valence-electron chi connectivity index (χ1n) is 9.78. The number of aromatic nitrogens is 1. The number of carbonyl (C=O) groups excluding carboxylic acids is 4. The van der Waals surface area contributed by atoms with Gasteiger partial charge in [-0.05, 0) is 13.0 Å². The number of aromatic hydroxyl groups is 1. The van der Waals surface area contributed by atoms with E-state index in [1.807, 2.05) is 0 Å². The number of benzene rings is 1. The van der Waals surface area contributed by atoms with Gasteiger partial charge in [0.2, 0.25) is 5.78 Å². The van der Waals surface area contributed by atoms with Gasteiger partial charge in [-0.15, -0.1) is 0 Å². The Balaban J connectivity index is 2.10. The lowest BCUT2D eigenvalue weighted by Crippen LogP contribution is -2.55. The molecule has 0 amide bonds. The van der Waals surface area contributed by atoms with Crippen molar-refractivity contribution >= 4 is 23.5 Å². The van der Waals surface area contributed by atoms with E-state index in [0.29, 0.717) is 4.57 Å². The summed E-state index contributed by atoms with van der Waals surface area (Å²) in [7, 11) is 0. The van der Waals surface area contributed by atoms with Crippen molar-refractivity contribution in [2.45, 2.75) is 44.7 Å². The molecule has 0 aliphatic heterocycles. The molecule has 4 rings (SSSR count). The Morgan fingerprint density at radius 2 is 1.76 bits per heavy atom. The molecule has 1 heterocycles. The van der Waals surface area contributed by atoms with Gasteiger partial charge in [-0.25, -0.2) is 4.57 Å². The number of ether oxygens (including phenoxy) is 2. The summed E-state index contributed by atoms with van der Waals surface area (Å²) in [4.78, 5) is 50.3. The van der Waals surface area contributed by atoms with Crippen LogP contribution in [0.3, 0.4) is 0 Å². The van der Waals surface area contributed by atoms with Crippen LogP contribution in [0.5, 0.6) is 5.75 Å². The molecule has 4 atom stereocenters. The quantitative estimate of drug-likeness (QED) is 0.466. The zero-order valence-corrected chi connectivity index (χ0v) is 17.6. The number of nitriles is 1. The minimum Gasteiger partial charge on any atom is -0.507 e. The second-order valence-corrected chi connectivity index (χ2v) is 8.01. The van der Waals surface area contributed by atoms with E-state index >= 15 is 0 Å². The van der Waals surface area contributed by atoms with Gasteiger partial charge in [0.05, 0.1) is 16.8 Å². The summed E-state index contributed by atoms with van der Waals surface area (Å²) in [6.07, 6.45) is -3.54. The highest BCUT2D eigenvalue weighted by Gasteiger charge is 2.58. The maximum atomic E-state index is 13.4. The van der Waals surface area contributed by atoms with Crippen molar-refractivity contribution in [1.82, 2.24) is 4.57 Å². The Morgan fingerprint density at radius 1 is 1.12 bits per heavy atom. The Bertz CT molecular complexity index is 1300. The van der Waals surface area contributed by atoms with E-state index in [1.54, 1.807) is 6.19 Å². The van der Waals surface area contributed by atoms with Crippen molar-refractivity contribution in [2.24, 2.45) is 0 Å². The third kappa shape index (κ3) is 2.95. The molecule has 4 unspecified atom stereocenters. The minimum absolute atomic E-state index is 0.164. The molecular formula is C22H18N2O9. The van der Waals surface area contributed by atoms with Gasteiger partial charge in [-0.1, -0.05) is 12.1 Å². The lowest BCUT2D eigenvalue weighted by atomic mass is 9.75. The van der Waals surface area contributed by atoms with E-state index in [2.05, 4.69) is 0 Å². The fourth-order valence-electron chi connectivity index (χ4n) is 4.54. The molecule has 11 nitrogen and oxygen atoms in total. The van der Waals surface area contributed by atoms with Crippen molar-refractivity contribution in [2.75, 3.05) is 0 Å². The fourth-order valence-corrected chi connectivity index (χ4v) is 4.54. The van der Waals surface area contributed by atoms with Crippen molar-refractivity contribution in [3.8, 4) is 11.9 Å². The molecule has 0 radical (unpaired) electrons. The van der Waals surface area contributed by atoms with Crippen LogP contribution in [-0.4, -0.2) is 55.1 Å². The number of carbonyl (C=O) groups is 4. The molecule has 33 heavy (non-hydrogen) atoms. The summed E-state index contributed by atoms with van der Waals surface area (Å²) in [6.45, 7) is 3.19. The summed E-state index contributed by atoms with van der Waals surface area (Å²) < 4.78 is 11.1. The molecule has 11 heteroatoms. The predicted octanol–water partition coefficient (Wildman–Crippen LogP) is 0.632. The number of rotatable bonds is 2. The Morgan fingerprint density at radius 3 is 2.33 bits per heavy atom. The first-order valence-corrected chi connectivity index (χ1v) is 9.78. The molecule has 3 N–H and O–H groups in total. The van der Waals surface area contributed by atoms with E-state index in [-0.39, 0.29) is 27.9 Å². The van der Waals surface area contributed by atoms with E-state index in [0.717, 1.165) is 20.8 Å². The number of phenols is 1. The number of hydrogen-bond donors (Lipinski definition) is 3. The zero-order chi connectivity index (χ0) is 24.4. The van der Waals surface area contributed by atoms with Crippen molar-refractivity contribution < 1.29 is 44.0 Å². The number of hydrogen-bond acceptors (Lipinski definition) is 10. The van der Waals surface area contributed by atoms with Gasteiger partial charge in [0, 0.05) is 25.0 Å². The van der Waals surface area contributed by atoms with E-state index in [1.165, 1.54) is 18.2 Å². The molecule has 0 saturated heterocycles. The van der Waals surface area contributed by atoms with Crippen molar-refractivity contribution in [3.63, 3.8) is 0 Å². The third-order valence-electron chi connectivity index (χ3n) is 5.82. The maximum absolute atomic E-state index is 13.4. The van der Waals surface area contributed by atoms with Crippen molar-refractivity contribution in [1.29, 1.82) is 5.26 Å². The van der Waals surface area contributed by atoms with Gasteiger partial charge < -0.3 is 24.8 Å². The smallest absolute Gasteiger partial charge is 0.303 e. The SMILES string of the molecule is CC(=O)OC1c2c(c3c(n2C#N)C(=O)c2c(O)cccc2C3=O)C(O)C(OC(C)=O)C1(C)O. The molecule has 0 bridgehead atoms. The molecule has 0 spiro atoms. The highest BCUT2D eigenvalue weighted by atomic mass is 16.6. The largest absolute Gasteiger partial charge is 0.507 e. The summed E-state index contributed by atoms with van der Waals surface area (Å²) >= 11 is 0. The monoisotopic (exact) mass is 454 g/mol. The number of esters is 2. The lowest BCUT2D eigenvalue weighted by Gasteiger charge is -2.44. The molecule has 0 saturated carbocycles. The van der Waals surface area contributed by atoms with Gasteiger partial charge in [0.15, 0.2) is 24.2 Å². The lowest BCUT2D eigenvalue weighted by molar-refractivity contribution is -0.215. The van der Waals surface area contributed by atoms with Crippen LogP contribution in [0.4, 0.5) is 0 Å². The van der Waals surface area contributed by atoms with Crippen LogP contribution in [0.2, 0.25) is 0 Å².